The van der Waals surface area contributed by atoms with Crippen LogP contribution in [0.2, 0.25) is 0 Å². The number of nitrogens with zero attached hydrogens (tertiary/aromatic N) is 1. The molecule has 0 bridgehead atoms. The SMILES string of the molecule is CCC.O=C1c2ccccc2C(=O)N1C1Cc2ccccc2C1. The summed E-state index contributed by atoms with van der Waals surface area (Å²) in [5, 5.41) is 0. The molecule has 4 rings (SSSR count). The predicted molar refractivity (Wildman–Crippen MR) is 90.5 cm³/mol. The molecule has 2 aliphatic rings. The summed E-state index contributed by atoms with van der Waals surface area (Å²) in [6.45, 7) is 4.25. The molecular weight excluding hydrogens is 286 g/mol. The lowest BCUT2D eigenvalue weighted by molar-refractivity contribution is 0.0590. The third kappa shape index (κ3) is 2.67. The third-order valence-electron chi connectivity index (χ3n) is 4.22. The van der Waals surface area contributed by atoms with Crippen molar-refractivity contribution in [1.82, 2.24) is 4.90 Å². The molecule has 0 saturated heterocycles. The van der Waals surface area contributed by atoms with E-state index < -0.39 is 0 Å². The number of imide groups is 1. The molecule has 0 fully saturated rings. The lowest BCUT2D eigenvalue weighted by Gasteiger charge is -2.21. The molecular formula is C20H21NO2. The summed E-state index contributed by atoms with van der Waals surface area (Å²) in [7, 11) is 0. The van der Waals surface area contributed by atoms with E-state index in [4.69, 9.17) is 0 Å². The second-order valence-corrected chi connectivity index (χ2v) is 6.06. The Morgan fingerprint density at radius 1 is 0.826 bits per heavy atom. The van der Waals surface area contributed by atoms with Gasteiger partial charge in [-0.1, -0.05) is 56.7 Å². The van der Waals surface area contributed by atoms with Crippen LogP contribution >= 0.6 is 0 Å². The summed E-state index contributed by atoms with van der Waals surface area (Å²) in [5.74, 6) is -0.299. The van der Waals surface area contributed by atoms with E-state index in [1.54, 1.807) is 24.3 Å². The number of carbonyl (C=O) groups is 2. The number of hydrogen-bond acceptors (Lipinski definition) is 2. The van der Waals surface area contributed by atoms with Crippen molar-refractivity contribution < 1.29 is 9.59 Å². The van der Waals surface area contributed by atoms with Crippen LogP contribution in [-0.2, 0) is 12.8 Å². The van der Waals surface area contributed by atoms with Gasteiger partial charge in [-0.15, -0.1) is 0 Å². The average molecular weight is 307 g/mol. The second kappa shape index (κ2) is 6.37. The molecule has 3 heteroatoms. The van der Waals surface area contributed by atoms with Gasteiger partial charge in [-0.25, -0.2) is 0 Å². The molecule has 3 nitrogen and oxygen atoms in total. The highest BCUT2D eigenvalue weighted by Gasteiger charge is 2.41. The fraction of sp³-hybridized carbons (Fsp3) is 0.300. The van der Waals surface area contributed by atoms with Gasteiger partial charge in [0.05, 0.1) is 11.1 Å². The lowest BCUT2D eigenvalue weighted by Crippen LogP contribution is -2.40. The Kier molecular flexibility index (Phi) is 4.28. The molecule has 0 aromatic heterocycles. The van der Waals surface area contributed by atoms with Crippen LogP contribution in [0, 0.1) is 0 Å². The van der Waals surface area contributed by atoms with Gasteiger partial charge in [-0.2, -0.15) is 0 Å². The monoisotopic (exact) mass is 307 g/mol. The fourth-order valence-electron chi connectivity index (χ4n) is 3.26. The largest absolute Gasteiger partial charge is 0.271 e. The molecule has 0 saturated carbocycles. The molecule has 23 heavy (non-hydrogen) atoms. The maximum Gasteiger partial charge on any atom is 0.261 e. The van der Waals surface area contributed by atoms with E-state index in [2.05, 4.69) is 26.0 Å². The Balaban J connectivity index is 0.000000485. The number of hydrogen-bond donors (Lipinski definition) is 0. The van der Waals surface area contributed by atoms with Crippen molar-refractivity contribution in [2.24, 2.45) is 0 Å². The zero-order valence-corrected chi connectivity index (χ0v) is 13.6. The van der Waals surface area contributed by atoms with Crippen molar-refractivity contribution in [2.45, 2.75) is 39.2 Å². The molecule has 1 heterocycles. The number of rotatable bonds is 1. The summed E-state index contributed by atoms with van der Waals surface area (Å²) >= 11 is 0. The quantitative estimate of drug-likeness (QED) is 0.750. The van der Waals surface area contributed by atoms with Gasteiger partial charge in [0.1, 0.15) is 0 Å². The molecule has 0 spiro atoms. The van der Waals surface area contributed by atoms with Gasteiger partial charge in [0, 0.05) is 6.04 Å². The molecule has 0 unspecified atom stereocenters. The van der Waals surface area contributed by atoms with Gasteiger partial charge in [-0.3, -0.25) is 14.5 Å². The summed E-state index contributed by atoms with van der Waals surface area (Å²) in [5.41, 5.74) is 3.56. The molecule has 0 radical (unpaired) electrons. The van der Waals surface area contributed by atoms with E-state index in [0.717, 1.165) is 12.8 Å². The second-order valence-electron chi connectivity index (χ2n) is 6.06. The Bertz CT molecular complexity index is 691. The first-order valence-corrected chi connectivity index (χ1v) is 8.21. The fourth-order valence-corrected chi connectivity index (χ4v) is 3.26. The molecule has 2 amide bonds. The minimum absolute atomic E-state index is 0.0419. The van der Waals surface area contributed by atoms with Crippen LogP contribution in [0.25, 0.3) is 0 Å². The van der Waals surface area contributed by atoms with Crippen LogP contribution in [0.15, 0.2) is 48.5 Å². The Morgan fingerprint density at radius 3 is 1.65 bits per heavy atom. The Hall–Kier alpha value is -2.42. The van der Waals surface area contributed by atoms with Gasteiger partial charge in [0.2, 0.25) is 0 Å². The maximum absolute atomic E-state index is 12.5. The van der Waals surface area contributed by atoms with E-state index >= 15 is 0 Å². The maximum atomic E-state index is 12.5. The van der Waals surface area contributed by atoms with Crippen molar-refractivity contribution in [3.8, 4) is 0 Å². The van der Waals surface area contributed by atoms with E-state index in [9.17, 15) is 9.59 Å². The first-order valence-electron chi connectivity index (χ1n) is 8.21. The standard InChI is InChI=1S/C17H13NO2.C3H8/c19-16-14-7-3-4-8-15(14)17(20)18(16)13-9-11-5-1-2-6-12(11)10-13;1-3-2/h1-8,13H,9-10H2;3H2,1-2H3. The third-order valence-corrected chi connectivity index (χ3v) is 4.22. The normalized spacial score (nSPS) is 16.0. The van der Waals surface area contributed by atoms with E-state index in [1.807, 2.05) is 12.1 Å². The molecule has 2 aromatic carbocycles. The summed E-state index contributed by atoms with van der Waals surface area (Å²) in [6.07, 6.45) is 2.78. The number of carbonyl (C=O) groups excluding carboxylic acids is 2. The van der Waals surface area contributed by atoms with E-state index in [0.29, 0.717) is 11.1 Å². The summed E-state index contributed by atoms with van der Waals surface area (Å²) < 4.78 is 0. The van der Waals surface area contributed by atoms with Gasteiger partial charge in [-0.05, 0) is 36.1 Å². The minimum atomic E-state index is -0.150. The molecule has 1 aliphatic carbocycles. The molecule has 0 atom stereocenters. The Morgan fingerprint density at radius 2 is 1.22 bits per heavy atom. The van der Waals surface area contributed by atoms with Gasteiger partial charge in [0.15, 0.2) is 0 Å². The van der Waals surface area contributed by atoms with Gasteiger partial charge in [0.25, 0.3) is 11.8 Å². The topological polar surface area (TPSA) is 37.4 Å². The predicted octanol–water partition coefficient (Wildman–Crippen LogP) is 3.87. The minimum Gasteiger partial charge on any atom is -0.271 e. The summed E-state index contributed by atoms with van der Waals surface area (Å²) in [6, 6.07) is 15.2. The lowest BCUT2D eigenvalue weighted by atomic mass is 10.1. The van der Waals surface area contributed by atoms with E-state index in [-0.39, 0.29) is 17.9 Å². The zero-order chi connectivity index (χ0) is 16.4. The van der Waals surface area contributed by atoms with Gasteiger partial charge < -0.3 is 0 Å². The van der Waals surface area contributed by atoms with Crippen molar-refractivity contribution in [1.29, 1.82) is 0 Å². The smallest absolute Gasteiger partial charge is 0.261 e. The van der Waals surface area contributed by atoms with Crippen LogP contribution in [0.3, 0.4) is 0 Å². The number of benzene rings is 2. The van der Waals surface area contributed by atoms with Gasteiger partial charge >= 0.3 is 0 Å². The van der Waals surface area contributed by atoms with Crippen molar-refractivity contribution >= 4 is 11.8 Å². The first-order chi connectivity index (χ1) is 11.2. The van der Waals surface area contributed by atoms with Crippen LogP contribution in [0.5, 0.6) is 0 Å². The van der Waals surface area contributed by atoms with Crippen molar-refractivity contribution in [2.75, 3.05) is 0 Å². The first kappa shape index (κ1) is 15.5. The summed E-state index contributed by atoms with van der Waals surface area (Å²) in [4.78, 5) is 26.3. The molecule has 1 aliphatic heterocycles. The highest BCUT2D eigenvalue weighted by molar-refractivity contribution is 6.21. The molecule has 0 N–H and O–H groups in total. The van der Waals surface area contributed by atoms with Crippen LogP contribution in [0.1, 0.15) is 52.1 Å². The highest BCUT2D eigenvalue weighted by Crippen LogP contribution is 2.31. The van der Waals surface area contributed by atoms with E-state index in [1.165, 1.54) is 22.4 Å². The zero-order valence-electron chi connectivity index (χ0n) is 13.6. The average Bonchev–Trinajstić information content (AvgIpc) is 3.08. The molecule has 2 aromatic rings. The van der Waals surface area contributed by atoms with Crippen molar-refractivity contribution in [3.63, 3.8) is 0 Å². The van der Waals surface area contributed by atoms with Crippen LogP contribution in [-0.4, -0.2) is 22.8 Å². The van der Waals surface area contributed by atoms with Crippen molar-refractivity contribution in [3.05, 3.63) is 70.8 Å². The molecule has 118 valence electrons. The Labute approximate surface area is 136 Å². The highest BCUT2D eigenvalue weighted by atomic mass is 16.2. The van der Waals surface area contributed by atoms with Crippen LogP contribution < -0.4 is 0 Å². The van der Waals surface area contributed by atoms with Crippen LogP contribution in [0.4, 0.5) is 0 Å². The number of fused-ring (bicyclic) bond motifs is 2. The number of amides is 2.